The number of aromatic nitrogens is 2. The predicted octanol–water partition coefficient (Wildman–Crippen LogP) is 4.56. The molecule has 1 N–H and O–H groups in total. The van der Waals surface area contributed by atoms with Crippen molar-refractivity contribution >= 4 is 33.4 Å². The molecule has 6 nitrogen and oxygen atoms in total. The standard InChI is InChI=1S/C26H26N4O2S/c1-18-22-16-23(33-26(22)30(28-18)21-10-6-3-7-11-21)25(32)29-14-12-20(13-15-29)24(31)27-17-19-8-4-2-5-9-19/h2-11,16,20H,12-15,17H2,1H3,(H,27,31). The molecule has 0 saturated carbocycles. The van der Waals surface area contributed by atoms with E-state index < -0.39 is 0 Å². The lowest BCUT2D eigenvalue weighted by atomic mass is 9.95. The normalized spacial score (nSPS) is 14.5. The van der Waals surface area contributed by atoms with Gasteiger partial charge in [0.15, 0.2) is 0 Å². The van der Waals surface area contributed by atoms with Crippen LogP contribution in [0, 0.1) is 12.8 Å². The first kappa shape index (κ1) is 21.4. The van der Waals surface area contributed by atoms with Crippen LogP contribution < -0.4 is 5.32 Å². The molecule has 7 heteroatoms. The maximum Gasteiger partial charge on any atom is 0.264 e. The Labute approximate surface area is 196 Å². The van der Waals surface area contributed by atoms with Gasteiger partial charge in [0.2, 0.25) is 5.91 Å². The van der Waals surface area contributed by atoms with Crippen LogP contribution in [0.4, 0.5) is 0 Å². The minimum absolute atomic E-state index is 0.0401. The number of amides is 2. The number of aryl methyl sites for hydroxylation is 1. The lowest BCUT2D eigenvalue weighted by Gasteiger charge is -2.31. The maximum absolute atomic E-state index is 13.2. The Morgan fingerprint density at radius 2 is 1.70 bits per heavy atom. The number of carbonyl (C=O) groups is 2. The molecule has 2 aromatic carbocycles. The number of fused-ring (bicyclic) bond motifs is 1. The molecule has 1 fully saturated rings. The average molecular weight is 459 g/mol. The van der Waals surface area contributed by atoms with Gasteiger partial charge >= 0.3 is 0 Å². The van der Waals surface area contributed by atoms with Crippen molar-refractivity contribution < 1.29 is 9.59 Å². The van der Waals surface area contributed by atoms with E-state index in [1.165, 1.54) is 11.3 Å². The predicted molar refractivity (Wildman–Crippen MR) is 131 cm³/mol. The first-order valence-electron chi connectivity index (χ1n) is 11.3. The third-order valence-electron chi connectivity index (χ3n) is 6.22. The molecule has 1 aliphatic heterocycles. The molecule has 3 heterocycles. The number of para-hydroxylation sites is 1. The van der Waals surface area contributed by atoms with E-state index in [1.807, 2.05) is 83.2 Å². The van der Waals surface area contributed by atoms with E-state index in [-0.39, 0.29) is 17.7 Å². The van der Waals surface area contributed by atoms with E-state index in [9.17, 15) is 9.59 Å². The minimum atomic E-state index is -0.0472. The van der Waals surface area contributed by atoms with Gasteiger partial charge in [0, 0.05) is 30.9 Å². The van der Waals surface area contributed by atoms with Crippen LogP contribution >= 0.6 is 11.3 Å². The van der Waals surface area contributed by atoms with E-state index in [0.29, 0.717) is 32.5 Å². The molecular formula is C26H26N4O2S. The Balaban J connectivity index is 1.23. The summed E-state index contributed by atoms with van der Waals surface area (Å²) in [5, 5.41) is 8.71. The van der Waals surface area contributed by atoms with Gasteiger partial charge < -0.3 is 10.2 Å². The van der Waals surface area contributed by atoms with Crippen molar-refractivity contribution in [1.29, 1.82) is 0 Å². The summed E-state index contributed by atoms with van der Waals surface area (Å²) in [5.74, 6) is 0.0683. The van der Waals surface area contributed by atoms with Crippen molar-refractivity contribution in [1.82, 2.24) is 20.0 Å². The summed E-state index contributed by atoms with van der Waals surface area (Å²) in [6, 6.07) is 21.9. The van der Waals surface area contributed by atoms with Gasteiger partial charge in [-0.3, -0.25) is 9.59 Å². The third-order valence-corrected chi connectivity index (χ3v) is 7.32. The second-order valence-electron chi connectivity index (χ2n) is 8.43. The van der Waals surface area contributed by atoms with Crippen LogP contribution in [-0.2, 0) is 11.3 Å². The fourth-order valence-corrected chi connectivity index (χ4v) is 5.48. The number of nitrogens with one attached hydrogen (secondary N) is 1. The Bertz CT molecular complexity index is 1270. The summed E-state index contributed by atoms with van der Waals surface area (Å²) in [7, 11) is 0. The van der Waals surface area contributed by atoms with Gasteiger partial charge in [-0.05, 0) is 43.5 Å². The zero-order valence-corrected chi connectivity index (χ0v) is 19.3. The van der Waals surface area contributed by atoms with Crippen LogP contribution in [0.3, 0.4) is 0 Å². The molecule has 1 aliphatic rings. The van der Waals surface area contributed by atoms with Gasteiger partial charge in [-0.2, -0.15) is 5.10 Å². The molecule has 0 radical (unpaired) electrons. The SMILES string of the molecule is Cc1nn(-c2ccccc2)c2sc(C(=O)N3CCC(C(=O)NCc4ccccc4)CC3)cc12. The fourth-order valence-electron chi connectivity index (χ4n) is 4.33. The van der Waals surface area contributed by atoms with Gasteiger partial charge in [-0.25, -0.2) is 4.68 Å². The number of nitrogens with zero attached hydrogens (tertiary/aromatic N) is 3. The monoisotopic (exact) mass is 458 g/mol. The first-order chi connectivity index (χ1) is 16.1. The second-order valence-corrected chi connectivity index (χ2v) is 9.46. The fraction of sp³-hybridized carbons (Fsp3) is 0.269. The lowest BCUT2D eigenvalue weighted by molar-refractivity contribution is -0.126. The van der Waals surface area contributed by atoms with Crippen molar-refractivity contribution in [2.45, 2.75) is 26.3 Å². The highest BCUT2D eigenvalue weighted by Gasteiger charge is 2.29. The van der Waals surface area contributed by atoms with Crippen molar-refractivity contribution in [3.05, 3.63) is 82.9 Å². The first-order valence-corrected chi connectivity index (χ1v) is 12.1. The van der Waals surface area contributed by atoms with Crippen molar-refractivity contribution in [2.75, 3.05) is 13.1 Å². The van der Waals surface area contributed by atoms with Crippen molar-refractivity contribution in [3.8, 4) is 5.69 Å². The van der Waals surface area contributed by atoms with E-state index in [1.54, 1.807) is 0 Å². The highest BCUT2D eigenvalue weighted by molar-refractivity contribution is 7.20. The minimum Gasteiger partial charge on any atom is -0.352 e. The summed E-state index contributed by atoms with van der Waals surface area (Å²) in [5.41, 5.74) is 2.99. The van der Waals surface area contributed by atoms with E-state index in [0.717, 1.165) is 32.0 Å². The van der Waals surface area contributed by atoms with E-state index in [4.69, 9.17) is 0 Å². The quantitative estimate of drug-likeness (QED) is 0.477. The van der Waals surface area contributed by atoms with Gasteiger partial charge in [0.05, 0.1) is 16.3 Å². The van der Waals surface area contributed by atoms with E-state index in [2.05, 4.69) is 10.4 Å². The zero-order valence-electron chi connectivity index (χ0n) is 18.5. The number of rotatable bonds is 5. The molecule has 0 unspecified atom stereocenters. The largest absolute Gasteiger partial charge is 0.352 e. The van der Waals surface area contributed by atoms with E-state index >= 15 is 0 Å². The van der Waals surface area contributed by atoms with Crippen molar-refractivity contribution in [2.24, 2.45) is 5.92 Å². The third kappa shape index (κ3) is 4.41. The smallest absolute Gasteiger partial charge is 0.264 e. The van der Waals surface area contributed by atoms with Crippen LogP contribution in [0.25, 0.3) is 15.9 Å². The highest BCUT2D eigenvalue weighted by Crippen LogP contribution is 2.32. The molecule has 33 heavy (non-hydrogen) atoms. The maximum atomic E-state index is 13.2. The zero-order chi connectivity index (χ0) is 22.8. The average Bonchev–Trinajstić information content (AvgIpc) is 3.44. The summed E-state index contributed by atoms with van der Waals surface area (Å²) >= 11 is 1.48. The topological polar surface area (TPSA) is 67.2 Å². The lowest BCUT2D eigenvalue weighted by Crippen LogP contribution is -2.42. The Kier molecular flexibility index (Phi) is 5.96. The molecule has 0 spiro atoms. The molecule has 0 aliphatic carbocycles. The van der Waals surface area contributed by atoms with Crippen LogP contribution in [0.15, 0.2) is 66.7 Å². The molecule has 168 valence electrons. The Hall–Kier alpha value is -3.45. The van der Waals surface area contributed by atoms with Crippen LogP contribution in [0.5, 0.6) is 0 Å². The molecule has 1 saturated heterocycles. The number of benzene rings is 2. The second kappa shape index (κ2) is 9.19. The number of carbonyl (C=O) groups excluding carboxylic acids is 2. The summed E-state index contributed by atoms with van der Waals surface area (Å²) in [6.45, 7) is 3.71. The molecule has 4 aromatic rings. The number of hydrogen-bond acceptors (Lipinski definition) is 4. The van der Waals surface area contributed by atoms with Gasteiger partial charge in [0.25, 0.3) is 5.91 Å². The van der Waals surface area contributed by atoms with Crippen LogP contribution in [0.2, 0.25) is 0 Å². The van der Waals surface area contributed by atoms with Gasteiger partial charge in [-0.1, -0.05) is 48.5 Å². The number of likely N-dealkylation sites (tertiary alicyclic amines) is 1. The number of piperidine rings is 1. The van der Waals surface area contributed by atoms with Gasteiger partial charge in [0.1, 0.15) is 4.83 Å². The molecular weight excluding hydrogens is 432 g/mol. The Morgan fingerprint density at radius 1 is 1.03 bits per heavy atom. The van der Waals surface area contributed by atoms with Crippen LogP contribution in [-0.4, -0.2) is 39.6 Å². The summed E-state index contributed by atoms with van der Waals surface area (Å²) < 4.78 is 1.91. The molecule has 2 amide bonds. The highest BCUT2D eigenvalue weighted by atomic mass is 32.1. The van der Waals surface area contributed by atoms with Gasteiger partial charge in [-0.15, -0.1) is 11.3 Å². The number of hydrogen-bond donors (Lipinski definition) is 1. The summed E-state index contributed by atoms with van der Waals surface area (Å²) in [6.07, 6.45) is 1.38. The Morgan fingerprint density at radius 3 is 2.39 bits per heavy atom. The van der Waals surface area contributed by atoms with Crippen molar-refractivity contribution in [3.63, 3.8) is 0 Å². The summed E-state index contributed by atoms with van der Waals surface area (Å²) in [4.78, 5) is 29.4. The number of thiophene rings is 1. The molecule has 5 rings (SSSR count). The molecule has 0 bridgehead atoms. The van der Waals surface area contributed by atoms with Crippen LogP contribution in [0.1, 0.15) is 33.8 Å². The molecule has 0 atom stereocenters. The molecule has 2 aromatic heterocycles.